The number of methoxy groups -OCH3 is 2. The summed E-state index contributed by atoms with van der Waals surface area (Å²) in [5, 5.41) is 14.9. The summed E-state index contributed by atoms with van der Waals surface area (Å²) in [6, 6.07) is 19.9. The lowest BCUT2D eigenvalue weighted by Gasteiger charge is -2.13. The zero-order valence-corrected chi connectivity index (χ0v) is 24.6. The number of carbonyl (C=O) groups excluding carboxylic acids is 1. The van der Waals surface area contributed by atoms with E-state index in [-0.39, 0.29) is 22.2 Å². The summed E-state index contributed by atoms with van der Waals surface area (Å²) in [6.45, 7) is 3.34. The molecule has 0 bridgehead atoms. The van der Waals surface area contributed by atoms with E-state index in [1.807, 2.05) is 48.5 Å². The van der Waals surface area contributed by atoms with Gasteiger partial charge in [0.15, 0.2) is 5.16 Å². The van der Waals surface area contributed by atoms with Gasteiger partial charge in [0.25, 0.3) is 11.6 Å². The van der Waals surface area contributed by atoms with Crippen LogP contribution in [0.25, 0.3) is 22.5 Å². The Morgan fingerprint density at radius 3 is 2.24 bits per heavy atom. The minimum atomic E-state index is -0.603. The summed E-state index contributed by atoms with van der Waals surface area (Å²) in [5.41, 5.74) is 3.83. The lowest BCUT2D eigenvalue weighted by atomic mass is 10.0. The quantitative estimate of drug-likeness (QED) is 0.0759. The van der Waals surface area contributed by atoms with E-state index in [1.54, 1.807) is 26.0 Å². The molecular weight excluding hydrogens is 564 g/mol. The molecule has 1 amide bonds. The molecule has 0 atom stereocenters. The van der Waals surface area contributed by atoms with Crippen molar-refractivity contribution in [3.63, 3.8) is 0 Å². The summed E-state index contributed by atoms with van der Waals surface area (Å²) in [7, 11) is 3.29. The smallest absolute Gasteiger partial charge is 0.288 e. The first-order valence-corrected chi connectivity index (χ1v) is 14.5. The Hall–Kier alpha value is -4.02. The Morgan fingerprint density at radius 2 is 1.66 bits per heavy atom. The number of amides is 1. The Kier molecular flexibility index (Phi) is 10.3. The van der Waals surface area contributed by atoms with Crippen molar-refractivity contribution >= 4 is 35.0 Å². The van der Waals surface area contributed by atoms with E-state index in [4.69, 9.17) is 26.1 Å². The van der Waals surface area contributed by atoms with Crippen LogP contribution < -0.4 is 14.8 Å². The van der Waals surface area contributed by atoms with Gasteiger partial charge in [0.2, 0.25) is 0 Å². The van der Waals surface area contributed by atoms with E-state index in [1.165, 1.54) is 18.2 Å². The first kappa shape index (κ1) is 30.0. The van der Waals surface area contributed by atoms with Gasteiger partial charge in [-0.1, -0.05) is 30.3 Å². The van der Waals surface area contributed by atoms with Crippen molar-refractivity contribution < 1.29 is 19.2 Å². The van der Waals surface area contributed by atoms with Crippen LogP contribution in [0.3, 0.4) is 0 Å². The predicted molar refractivity (Wildman–Crippen MR) is 162 cm³/mol. The molecule has 0 unspecified atom stereocenters. The number of rotatable bonds is 13. The van der Waals surface area contributed by atoms with Crippen LogP contribution in [0.15, 0.2) is 71.9 Å². The van der Waals surface area contributed by atoms with E-state index in [9.17, 15) is 14.9 Å². The fraction of sp³-hybridized carbons (Fsp3) is 0.267. The molecule has 4 rings (SSSR count). The minimum absolute atomic E-state index is 0.00597. The molecule has 1 aromatic heterocycles. The highest BCUT2D eigenvalue weighted by Crippen LogP contribution is 2.37. The van der Waals surface area contributed by atoms with Crippen LogP contribution in [0.2, 0.25) is 5.02 Å². The van der Waals surface area contributed by atoms with Crippen molar-refractivity contribution in [2.75, 3.05) is 26.5 Å². The molecule has 0 spiro atoms. The van der Waals surface area contributed by atoms with E-state index in [2.05, 4.69) is 16.8 Å². The molecule has 0 aliphatic rings. The maximum Gasteiger partial charge on any atom is 0.288 e. The molecule has 0 saturated carbocycles. The number of nitrogens with zero attached hydrogens (tertiary/aromatic N) is 3. The minimum Gasteiger partial charge on any atom is -0.497 e. The fourth-order valence-electron chi connectivity index (χ4n) is 4.30. The highest BCUT2D eigenvalue weighted by molar-refractivity contribution is 7.99. The van der Waals surface area contributed by atoms with E-state index >= 15 is 0 Å². The van der Waals surface area contributed by atoms with Crippen LogP contribution in [0.1, 0.15) is 30.1 Å². The third-order valence-electron chi connectivity index (χ3n) is 6.35. The van der Waals surface area contributed by atoms with Gasteiger partial charge in [0.05, 0.1) is 30.5 Å². The molecule has 11 heteroatoms. The number of thioether (sulfide) groups is 1. The fourth-order valence-corrected chi connectivity index (χ4v) is 5.45. The topological polar surface area (TPSA) is 109 Å². The molecule has 9 nitrogen and oxygen atoms in total. The van der Waals surface area contributed by atoms with Crippen molar-refractivity contribution in [2.45, 2.75) is 31.5 Å². The average Bonchev–Trinajstić information content (AvgIpc) is 3.35. The number of benzene rings is 3. The summed E-state index contributed by atoms with van der Waals surface area (Å²) in [6.07, 6.45) is 1.61. The number of aromatic nitrogens is 2. The van der Waals surface area contributed by atoms with Gasteiger partial charge in [0, 0.05) is 41.6 Å². The number of carbonyl (C=O) groups is 1. The van der Waals surface area contributed by atoms with Gasteiger partial charge < -0.3 is 19.4 Å². The molecule has 1 heterocycles. The monoisotopic (exact) mass is 594 g/mol. The predicted octanol–water partition coefficient (Wildman–Crippen LogP) is 7.12. The van der Waals surface area contributed by atoms with Crippen LogP contribution in [-0.4, -0.2) is 46.9 Å². The van der Waals surface area contributed by atoms with Crippen LogP contribution in [0, 0.1) is 10.1 Å². The van der Waals surface area contributed by atoms with Gasteiger partial charge in [0.1, 0.15) is 16.5 Å². The van der Waals surface area contributed by atoms with E-state index in [0.29, 0.717) is 18.7 Å². The van der Waals surface area contributed by atoms with Crippen LogP contribution in [0.5, 0.6) is 11.5 Å². The highest BCUT2D eigenvalue weighted by atomic mass is 35.5. The second kappa shape index (κ2) is 14.0. The molecular formula is C30H31ClN4O5S. The number of imidazole rings is 1. The van der Waals surface area contributed by atoms with Gasteiger partial charge in [-0.25, -0.2) is 4.98 Å². The number of ether oxygens (including phenoxy) is 2. The number of hydrogen-bond acceptors (Lipinski definition) is 7. The Labute approximate surface area is 248 Å². The number of halogens is 1. The lowest BCUT2D eigenvalue weighted by Crippen LogP contribution is -2.24. The molecule has 0 radical (unpaired) electrons. The van der Waals surface area contributed by atoms with Crippen molar-refractivity contribution in [2.24, 2.45) is 0 Å². The zero-order valence-electron chi connectivity index (χ0n) is 23.1. The van der Waals surface area contributed by atoms with Gasteiger partial charge in [-0.2, -0.15) is 0 Å². The zero-order chi connectivity index (χ0) is 29.4. The number of nitro benzene ring substituents is 1. The normalized spacial score (nSPS) is 10.8. The van der Waals surface area contributed by atoms with Gasteiger partial charge in [-0.15, -0.1) is 0 Å². The Morgan fingerprint density at radius 1 is 1.02 bits per heavy atom. The summed E-state index contributed by atoms with van der Waals surface area (Å²) >= 11 is 7.48. The SMILES string of the molecule is CCCn1c(SCCCNC(=O)c2ccc(Cl)c([N+](=O)[O-])c2)nc(-c2ccc(OC)cc2)c1-c1ccc(OC)cc1. The van der Waals surface area contributed by atoms with Crippen LogP contribution >= 0.6 is 23.4 Å². The Balaban J connectivity index is 1.52. The molecule has 0 aliphatic carbocycles. The summed E-state index contributed by atoms with van der Waals surface area (Å²) in [5.74, 6) is 1.89. The van der Waals surface area contributed by atoms with Gasteiger partial charge >= 0.3 is 0 Å². The third kappa shape index (κ3) is 7.20. The largest absolute Gasteiger partial charge is 0.497 e. The third-order valence-corrected chi connectivity index (χ3v) is 7.73. The standard InChI is InChI=1S/C30H31ClN4O5S/c1-4-17-34-28(21-8-13-24(40-3)14-9-21)27(20-6-11-23(39-2)12-7-20)33-30(34)41-18-5-16-32-29(36)22-10-15-25(31)26(19-22)35(37)38/h6-15,19H,4-5,16-18H2,1-3H3,(H,32,36). The summed E-state index contributed by atoms with van der Waals surface area (Å²) in [4.78, 5) is 28.2. The second-order valence-corrected chi connectivity index (χ2v) is 10.6. The first-order chi connectivity index (χ1) is 19.9. The number of nitrogens with one attached hydrogen (secondary N) is 1. The Bertz CT molecular complexity index is 1510. The molecule has 0 fully saturated rings. The average molecular weight is 595 g/mol. The molecule has 3 aromatic carbocycles. The molecule has 0 aliphatic heterocycles. The maximum atomic E-state index is 12.5. The first-order valence-electron chi connectivity index (χ1n) is 13.1. The maximum absolute atomic E-state index is 12.5. The number of hydrogen-bond donors (Lipinski definition) is 1. The van der Waals surface area contributed by atoms with Crippen LogP contribution in [0.4, 0.5) is 5.69 Å². The van der Waals surface area contributed by atoms with E-state index < -0.39 is 4.92 Å². The van der Waals surface area contributed by atoms with Crippen molar-refractivity contribution in [3.05, 3.63) is 87.4 Å². The molecule has 41 heavy (non-hydrogen) atoms. The molecule has 0 saturated heterocycles. The molecule has 214 valence electrons. The molecule has 4 aromatic rings. The highest BCUT2D eigenvalue weighted by Gasteiger charge is 2.21. The van der Waals surface area contributed by atoms with Gasteiger partial charge in [-0.05, 0) is 73.5 Å². The van der Waals surface area contributed by atoms with Crippen molar-refractivity contribution in [3.8, 4) is 34.0 Å². The molecule has 1 N–H and O–H groups in total. The lowest BCUT2D eigenvalue weighted by molar-refractivity contribution is -0.384. The van der Waals surface area contributed by atoms with Crippen molar-refractivity contribution in [1.29, 1.82) is 0 Å². The summed E-state index contributed by atoms with van der Waals surface area (Å²) < 4.78 is 13.0. The van der Waals surface area contributed by atoms with Gasteiger partial charge in [-0.3, -0.25) is 14.9 Å². The second-order valence-electron chi connectivity index (χ2n) is 9.08. The number of nitro groups is 1. The van der Waals surface area contributed by atoms with Crippen LogP contribution in [-0.2, 0) is 6.54 Å². The van der Waals surface area contributed by atoms with E-state index in [0.717, 1.165) is 52.1 Å². The van der Waals surface area contributed by atoms with Crippen molar-refractivity contribution in [1.82, 2.24) is 14.9 Å².